The van der Waals surface area contributed by atoms with Crippen LogP contribution in [0, 0.1) is 0 Å². The third-order valence-electron chi connectivity index (χ3n) is 10.1. The Balaban J connectivity index is 1.08. The minimum absolute atomic E-state index is 0.00598. The lowest BCUT2D eigenvalue weighted by Crippen LogP contribution is -2.59. The lowest BCUT2D eigenvalue weighted by molar-refractivity contribution is -0.126. The number of carbonyl (C=O) groups is 5. The lowest BCUT2D eigenvalue weighted by atomic mass is 10.0. The standard InChI is InChI=1S/C41H56N12O7/c1-4-5-6-16-45-37-36-32(49-39(42)50-37)15-18-53(36)22-29-12-9-28(19-34(29)59-3)21-52-23-31(24-52)51(2)41(58)60-25-27-10-13-30(14-11-27)47-38(56)33(8-7-17-46-40(43)57)48-35(55)20-44-26-54/h9-15,18-19,26,31,33H,4-8,16-17,20-25H2,1-3H3,(H,44,54)(H,47,56)(H,48,55)(H3,43,46,57)(H3,42,45,49,50). The van der Waals surface area contributed by atoms with E-state index in [-0.39, 0.29) is 38.1 Å². The van der Waals surface area contributed by atoms with Gasteiger partial charge >= 0.3 is 12.1 Å². The van der Waals surface area contributed by atoms with Crippen LogP contribution in [0.15, 0.2) is 54.7 Å². The molecule has 0 aliphatic carbocycles. The number of methoxy groups -OCH3 is 1. The zero-order chi connectivity index (χ0) is 43.0. The molecular formula is C41H56N12O7. The second-order valence-electron chi connectivity index (χ2n) is 14.6. The molecule has 0 bridgehead atoms. The number of hydrogen-bond donors (Lipinski definition) is 7. The Hall–Kier alpha value is -6.63. The third-order valence-corrected chi connectivity index (χ3v) is 10.1. The fourth-order valence-corrected chi connectivity index (χ4v) is 6.81. The van der Waals surface area contributed by atoms with Crippen LogP contribution in [0.5, 0.6) is 5.75 Å². The molecule has 2 aromatic carbocycles. The maximum atomic E-state index is 13.0. The van der Waals surface area contributed by atoms with Gasteiger partial charge in [-0.15, -0.1) is 0 Å². The first-order chi connectivity index (χ1) is 29.0. The number of carbonyl (C=O) groups excluding carboxylic acids is 5. The van der Waals surface area contributed by atoms with Gasteiger partial charge in [-0.05, 0) is 54.7 Å². The quantitative estimate of drug-likeness (QED) is 0.0421. The van der Waals surface area contributed by atoms with Crippen molar-refractivity contribution < 1.29 is 33.4 Å². The molecule has 1 unspecified atom stereocenters. The summed E-state index contributed by atoms with van der Waals surface area (Å²) in [5.74, 6) is 0.707. The topological polar surface area (TPSA) is 253 Å². The van der Waals surface area contributed by atoms with Crippen molar-refractivity contribution in [2.75, 3.05) is 63.2 Å². The van der Waals surface area contributed by atoms with E-state index in [1.54, 1.807) is 43.3 Å². The van der Waals surface area contributed by atoms with Gasteiger partial charge in [0.15, 0.2) is 5.82 Å². The number of nitrogen functional groups attached to an aromatic ring is 1. The summed E-state index contributed by atoms with van der Waals surface area (Å²) in [6, 6.07) is 13.3. The number of fused-ring (bicyclic) bond motifs is 1. The number of ether oxygens (including phenoxy) is 2. The number of likely N-dealkylation sites (N-methyl/N-ethyl adjacent to an activating group) is 1. The first-order valence-corrected chi connectivity index (χ1v) is 20.0. The number of amides is 6. The van der Waals surface area contributed by atoms with Crippen molar-refractivity contribution in [1.29, 1.82) is 0 Å². The maximum absolute atomic E-state index is 13.0. The van der Waals surface area contributed by atoms with Crippen molar-refractivity contribution in [2.24, 2.45) is 5.73 Å². The van der Waals surface area contributed by atoms with Gasteiger partial charge in [-0.25, -0.2) is 14.6 Å². The molecule has 0 saturated carbocycles. The highest BCUT2D eigenvalue weighted by atomic mass is 16.6. The number of rotatable bonds is 23. The largest absolute Gasteiger partial charge is 0.496 e. The van der Waals surface area contributed by atoms with Gasteiger partial charge in [-0.3, -0.25) is 19.3 Å². The Bertz CT molecular complexity index is 2090. The molecule has 2 aromatic heterocycles. The second-order valence-corrected chi connectivity index (χ2v) is 14.6. The zero-order valence-corrected chi connectivity index (χ0v) is 34.4. The first kappa shape index (κ1) is 44.5. The number of hydrogen-bond acceptors (Lipinski definition) is 12. The average Bonchev–Trinajstić information content (AvgIpc) is 3.62. The third kappa shape index (κ3) is 12.7. The van der Waals surface area contributed by atoms with Gasteiger partial charge in [0, 0.05) is 57.2 Å². The van der Waals surface area contributed by atoms with Crippen LogP contribution >= 0.6 is 0 Å². The monoisotopic (exact) mass is 828 g/mol. The van der Waals surface area contributed by atoms with Crippen LogP contribution in [-0.2, 0) is 38.8 Å². The molecule has 1 saturated heterocycles. The van der Waals surface area contributed by atoms with Crippen LogP contribution in [0.25, 0.3) is 11.0 Å². The van der Waals surface area contributed by atoms with Crippen molar-refractivity contribution >= 4 is 58.8 Å². The summed E-state index contributed by atoms with van der Waals surface area (Å²) in [5.41, 5.74) is 16.1. The highest BCUT2D eigenvalue weighted by Crippen LogP contribution is 2.28. The number of unbranched alkanes of at least 4 members (excludes halogenated alkanes) is 2. The summed E-state index contributed by atoms with van der Waals surface area (Å²) in [6.45, 7) is 5.57. The Morgan fingerprint density at radius 2 is 1.77 bits per heavy atom. The van der Waals surface area contributed by atoms with E-state index in [4.69, 9.17) is 20.9 Å². The molecule has 0 radical (unpaired) electrons. The molecule has 322 valence electrons. The fraction of sp³-hybridized carbons (Fsp3) is 0.439. The molecule has 5 rings (SSSR count). The zero-order valence-electron chi connectivity index (χ0n) is 34.4. The van der Waals surface area contributed by atoms with Crippen molar-refractivity contribution in [3.8, 4) is 5.75 Å². The number of anilines is 3. The van der Waals surface area contributed by atoms with Crippen LogP contribution in [-0.4, -0.2) is 114 Å². The number of benzene rings is 2. The molecule has 0 spiro atoms. The Labute approximate surface area is 348 Å². The number of nitrogens with two attached hydrogens (primary N) is 2. The van der Waals surface area contributed by atoms with Crippen LogP contribution in [0.1, 0.15) is 55.7 Å². The van der Waals surface area contributed by atoms with Crippen LogP contribution in [0.3, 0.4) is 0 Å². The van der Waals surface area contributed by atoms with E-state index < -0.39 is 30.0 Å². The molecule has 6 amide bonds. The van der Waals surface area contributed by atoms with Crippen LogP contribution < -0.4 is 42.8 Å². The lowest BCUT2D eigenvalue weighted by Gasteiger charge is -2.43. The highest BCUT2D eigenvalue weighted by molar-refractivity contribution is 5.97. The Kier molecular flexibility index (Phi) is 16.3. The highest BCUT2D eigenvalue weighted by Gasteiger charge is 2.33. The minimum Gasteiger partial charge on any atom is -0.496 e. The van der Waals surface area contributed by atoms with E-state index in [9.17, 15) is 24.0 Å². The van der Waals surface area contributed by atoms with Crippen molar-refractivity contribution in [1.82, 2.24) is 40.3 Å². The van der Waals surface area contributed by atoms with E-state index in [1.165, 1.54) is 0 Å². The van der Waals surface area contributed by atoms with Crippen molar-refractivity contribution in [2.45, 2.75) is 70.8 Å². The number of nitrogens with zero attached hydrogens (tertiary/aromatic N) is 5. The van der Waals surface area contributed by atoms with Crippen molar-refractivity contribution in [3.63, 3.8) is 0 Å². The molecule has 9 N–H and O–H groups in total. The summed E-state index contributed by atoms with van der Waals surface area (Å²) >= 11 is 0. The van der Waals surface area contributed by atoms with E-state index in [0.29, 0.717) is 50.3 Å². The van der Waals surface area contributed by atoms with Crippen LogP contribution in [0.2, 0.25) is 0 Å². The number of likely N-dealkylation sites (tertiary alicyclic amines) is 1. The fourth-order valence-electron chi connectivity index (χ4n) is 6.81. The minimum atomic E-state index is -0.932. The summed E-state index contributed by atoms with van der Waals surface area (Å²) in [5, 5.41) is 13.5. The number of urea groups is 1. The van der Waals surface area contributed by atoms with E-state index in [1.807, 2.05) is 12.3 Å². The molecule has 19 heteroatoms. The molecule has 1 fully saturated rings. The second kappa shape index (κ2) is 21.9. The van der Waals surface area contributed by atoms with Gasteiger partial charge in [0.2, 0.25) is 24.2 Å². The van der Waals surface area contributed by atoms with E-state index in [2.05, 4.69) is 71.1 Å². The Morgan fingerprint density at radius 3 is 2.48 bits per heavy atom. The van der Waals surface area contributed by atoms with Crippen LogP contribution in [0.4, 0.5) is 27.0 Å². The van der Waals surface area contributed by atoms with Gasteiger partial charge in [0.25, 0.3) is 0 Å². The molecule has 60 heavy (non-hydrogen) atoms. The molecule has 1 aliphatic rings. The van der Waals surface area contributed by atoms with Crippen molar-refractivity contribution in [3.05, 3.63) is 71.4 Å². The molecule has 1 atom stereocenters. The predicted molar refractivity (Wildman–Crippen MR) is 227 cm³/mol. The summed E-state index contributed by atoms with van der Waals surface area (Å²) < 4.78 is 13.5. The number of nitrogens with one attached hydrogen (secondary N) is 5. The van der Waals surface area contributed by atoms with E-state index in [0.717, 1.165) is 59.5 Å². The van der Waals surface area contributed by atoms with E-state index >= 15 is 0 Å². The SMILES string of the molecule is CCCCCNc1nc(N)nc2ccn(Cc3ccc(CN4CC(N(C)C(=O)OCc5ccc(NC(=O)C(CCCNC(N)=O)NC(=O)CNC=O)cc5)C4)cc3OC)c12. The first-order valence-electron chi connectivity index (χ1n) is 20.0. The molecular weight excluding hydrogens is 773 g/mol. The van der Waals surface area contributed by atoms with Gasteiger partial charge in [-0.1, -0.05) is 44.0 Å². The summed E-state index contributed by atoms with van der Waals surface area (Å²) in [4.78, 5) is 72.5. The molecule has 4 aromatic rings. The van der Waals surface area contributed by atoms with Gasteiger partial charge in [0.1, 0.15) is 23.9 Å². The van der Waals surface area contributed by atoms with Gasteiger partial charge < -0.3 is 57.0 Å². The molecule has 19 nitrogen and oxygen atoms in total. The summed E-state index contributed by atoms with van der Waals surface area (Å²) in [6.07, 6.45) is 5.81. The average molecular weight is 829 g/mol. The van der Waals surface area contributed by atoms with Gasteiger partial charge in [0.05, 0.1) is 31.8 Å². The van der Waals surface area contributed by atoms with Gasteiger partial charge in [-0.2, -0.15) is 4.98 Å². The summed E-state index contributed by atoms with van der Waals surface area (Å²) in [7, 11) is 3.40. The molecule has 1 aliphatic heterocycles. The number of aromatic nitrogens is 3. The Morgan fingerprint density at radius 1 is 1.00 bits per heavy atom. The maximum Gasteiger partial charge on any atom is 0.410 e. The molecule has 3 heterocycles. The smallest absolute Gasteiger partial charge is 0.410 e. The number of primary amides is 1. The normalized spacial score (nSPS) is 13.1. The predicted octanol–water partition coefficient (Wildman–Crippen LogP) is 2.74.